The lowest BCUT2D eigenvalue weighted by atomic mass is 10.0. The van der Waals surface area contributed by atoms with Gasteiger partial charge in [-0.1, -0.05) is 23.7 Å². The van der Waals surface area contributed by atoms with E-state index in [2.05, 4.69) is 4.98 Å². The Labute approximate surface area is 104 Å². The van der Waals surface area contributed by atoms with E-state index >= 15 is 0 Å². The second kappa shape index (κ2) is 4.55. The van der Waals surface area contributed by atoms with Gasteiger partial charge < -0.3 is 5.11 Å². The number of rotatable bonds is 2. The number of aryl methyl sites for hydroxylation is 1. The van der Waals surface area contributed by atoms with Crippen LogP contribution in [-0.4, -0.2) is 16.1 Å². The standard InChI is InChI=1S/C13H10ClNO2/c1-8-2-3-9(6-12(8)14)10-4-5-15-7-11(10)13(16)17/h2-7H,1H3,(H,16,17). The fraction of sp³-hybridized carbons (Fsp3) is 0.0769. The third-order valence-electron chi connectivity index (χ3n) is 2.53. The molecule has 1 heterocycles. The Balaban J connectivity index is 2.60. The topological polar surface area (TPSA) is 50.2 Å². The van der Waals surface area contributed by atoms with E-state index in [4.69, 9.17) is 16.7 Å². The number of pyridine rings is 1. The number of benzene rings is 1. The molecule has 0 fully saturated rings. The zero-order valence-electron chi connectivity index (χ0n) is 9.14. The van der Waals surface area contributed by atoms with Crippen LogP contribution in [0.5, 0.6) is 0 Å². The fourth-order valence-corrected chi connectivity index (χ4v) is 1.76. The summed E-state index contributed by atoms with van der Waals surface area (Å²) in [5, 5.41) is 9.70. The minimum atomic E-state index is -0.996. The average molecular weight is 248 g/mol. The first-order valence-corrected chi connectivity index (χ1v) is 5.41. The number of halogens is 1. The first-order chi connectivity index (χ1) is 8.09. The molecular formula is C13H10ClNO2. The number of aromatic carboxylic acids is 1. The summed E-state index contributed by atoms with van der Waals surface area (Å²) < 4.78 is 0. The molecule has 0 aliphatic heterocycles. The highest BCUT2D eigenvalue weighted by atomic mass is 35.5. The molecule has 0 amide bonds. The number of carbonyl (C=O) groups is 1. The Morgan fingerprint density at radius 1 is 1.35 bits per heavy atom. The van der Waals surface area contributed by atoms with Crippen LogP contribution in [0.3, 0.4) is 0 Å². The number of aromatic nitrogens is 1. The van der Waals surface area contributed by atoms with Gasteiger partial charge in [-0.15, -0.1) is 0 Å². The van der Waals surface area contributed by atoms with E-state index in [1.165, 1.54) is 6.20 Å². The van der Waals surface area contributed by atoms with Crippen molar-refractivity contribution >= 4 is 17.6 Å². The summed E-state index contributed by atoms with van der Waals surface area (Å²) in [7, 11) is 0. The smallest absolute Gasteiger partial charge is 0.337 e. The molecule has 0 aliphatic rings. The molecule has 0 radical (unpaired) electrons. The summed E-state index contributed by atoms with van der Waals surface area (Å²) >= 11 is 6.03. The molecule has 1 aromatic carbocycles. The van der Waals surface area contributed by atoms with E-state index in [1.807, 2.05) is 19.1 Å². The summed E-state index contributed by atoms with van der Waals surface area (Å²) in [6, 6.07) is 7.15. The second-order valence-electron chi connectivity index (χ2n) is 3.69. The molecular weight excluding hydrogens is 238 g/mol. The third kappa shape index (κ3) is 2.29. The SMILES string of the molecule is Cc1ccc(-c2ccncc2C(=O)O)cc1Cl. The Hall–Kier alpha value is -1.87. The van der Waals surface area contributed by atoms with Crippen molar-refractivity contribution in [2.45, 2.75) is 6.92 Å². The quantitative estimate of drug-likeness (QED) is 0.885. The Bertz CT molecular complexity index is 581. The first-order valence-electron chi connectivity index (χ1n) is 5.03. The maximum Gasteiger partial charge on any atom is 0.337 e. The lowest BCUT2D eigenvalue weighted by Crippen LogP contribution is -2.00. The molecule has 3 nitrogen and oxygen atoms in total. The first kappa shape index (κ1) is 11.6. The maximum absolute atomic E-state index is 11.1. The fourth-order valence-electron chi connectivity index (χ4n) is 1.58. The molecule has 0 aliphatic carbocycles. The van der Waals surface area contributed by atoms with Gasteiger partial charge in [0.05, 0.1) is 5.56 Å². The van der Waals surface area contributed by atoms with Crippen molar-refractivity contribution < 1.29 is 9.90 Å². The average Bonchev–Trinajstić information content (AvgIpc) is 2.32. The molecule has 0 saturated heterocycles. The molecule has 0 unspecified atom stereocenters. The molecule has 2 aromatic rings. The lowest BCUT2D eigenvalue weighted by Gasteiger charge is -2.07. The van der Waals surface area contributed by atoms with Crippen LogP contribution in [0.2, 0.25) is 5.02 Å². The van der Waals surface area contributed by atoms with Gasteiger partial charge in [-0.25, -0.2) is 4.79 Å². The van der Waals surface area contributed by atoms with Gasteiger partial charge in [-0.2, -0.15) is 0 Å². The predicted octanol–water partition coefficient (Wildman–Crippen LogP) is 3.41. The van der Waals surface area contributed by atoms with E-state index in [0.717, 1.165) is 11.1 Å². The van der Waals surface area contributed by atoms with Gasteiger partial charge in [0.25, 0.3) is 0 Å². The van der Waals surface area contributed by atoms with E-state index < -0.39 is 5.97 Å². The van der Waals surface area contributed by atoms with Crippen molar-refractivity contribution in [1.82, 2.24) is 4.98 Å². The zero-order valence-corrected chi connectivity index (χ0v) is 9.90. The van der Waals surface area contributed by atoms with Crippen LogP contribution >= 0.6 is 11.6 Å². The van der Waals surface area contributed by atoms with Crippen LogP contribution in [0, 0.1) is 6.92 Å². The maximum atomic E-state index is 11.1. The van der Waals surface area contributed by atoms with Crippen LogP contribution in [0.1, 0.15) is 15.9 Å². The van der Waals surface area contributed by atoms with Gasteiger partial charge >= 0.3 is 5.97 Å². The van der Waals surface area contributed by atoms with Crippen LogP contribution in [0.4, 0.5) is 0 Å². The number of carboxylic acids is 1. The molecule has 86 valence electrons. The summed E-state index contributed by atoms with van der Waals surface area (Å²) in [5.74, 6) is -0.996. The normalized spacial score (nSPS) is 10.2. The van der Waals surface area contributed by atoms with Crippen LogP contribution < -0.4 is 0 Å². The van der Waals surface area contributed by atoms with Gasteiger partial charge in [-0.05, 0) is 35.7 Å². The van der Waals surface area contributed by atoms with Crippen molar-refractivity contribution in [3.05, 3.63) is 52.8 Å². The van der Waals surface area contributed by atoms with Crippen molar-refractivity contribution in [3.8, 4) is 11.1 Å². The van der Waals surface area contributed by atoms with Gasteiger partial charge in [0.2, 0.25) is 0 Å². The van der Waals surface area contributed by atoms with Crippen molar-refractivity contribution in [2.24, 2.45) is 0 Å². The van der Waals surface area contributed by atoms with Crippen LogP contribution in [0.15, 0.2) is 36.7 Å². The van der Waals surface area contributed by atoms with E-state index in [1.54, 1.807) is 18.3 Å². The second-order valence-corrected chi connectivity index (χ2v) is 4.10. The van der Waals surface area contributed by atoms with E-state index in [-0.39, 0.29) is 5.56 Å². The lowest BCUT2D eigenvalue weighted by molar-refractivity contribution is 0.0697. The molecule has 0 spiro atoms. The van der Waals surface area contributed by atoms with E-state index in [9.17, 15) is 4.79 Å². The highest BCUT2D eigenvalue weighted by Crippen LogP contribution is 2.27. The molecule has 2 rings (SSSR count). The van der Waals surface area contributed by atoms with E-state index in [0.29, 0.717) is 10.6 Å². The van der Waals surface area contributed by atoms with Crippen LogP contribution in [-0.2, 0) is 0 Å². The Morgan fingerprint density at radius 2 is 2.12 bits per heavy atom. The van der Waals surface area contributed by atoms with Gasteiger partial charge in [0.1, 0.15) is 0 Å². The highest BCUT2D eigenvalue weighted by Gasteiger charge is 2.11. The zero-order chi connectivity index (χ0) is 12.4. The molecule has 0 bridgehead atoms. The molecule has 17 heavy (non-hydrogen) atoms. The van der Waals surface area contributed by atoms with Crippen molar-refractivity contribution in [3.63, 3.8) is 0 Å². The highest BCUT2D eigenvalue weighted by molar-refractivity contribution is 6.31. The number of carboxylic acid groups (broad SMARTS) is 1. The van der Waals surface area contributed by atoms with Crippen molar-refractivity contribution in [1.29, 1.82) is 0 Å². The Morgan fingerprint density at radius 3 is 2.76 bits per heavy atom. The molecule has 0 saturated carbocycles. The monoisotopic (exact) mass is 247 g/mol. The summed E-state index contributed by atoms with van der Waals surface area (Å²) in [5.41, 5.74) is 2.53. The largest absolute Gasteiger partial charge is 0.478 e. The summed E-state index contributed by atoms with van der Waals surface area (Å²) in [6.45, 7) is 1.90. The minimum Gasteiger partial charge on any atom is -0.478 e. The molecule has 1 N–H and O–H groups in total. The summed E-state index contributed by atoms with van der Waals surface area (Å²) in [6.07, 6.45) is 2.90. The van der Waals surface area contributed by atoms with Crippen molar-refractivity contribution in [2.75, 3.05) is 0 Å². The third-order valence-corrected chi connectivity index (χ3v) is 2.94. The Kier molecular flexibility index (Phi) is 3.11. The van der Waals surface area contributed by atoms with Gasteiger partial charge in [0, 0.05) is 17.4 Å². The molecule has 0 atom stereocenters. The van der Waals surface area contributed by atoms with Crippen LogP contribution in [0.25, 0.3) is 11.1 Å². The predicted molar refractivity (Wildman–Crippen MR) is 66.4 cm³/mol. The minimum absolute atomic E-state index is 0.174. The number of hydrogen-bond donors (Lipinski definition) is 1. The van der Waals surface area contributed by atoms with Gasteiger partial charge in [-0.3, -0.25) is 4.98 Å². The van der Waals surface area contributed by atoms with Gasteiger partial charge in [0.15, 0.2) is 0 Å². The molecule has 1 aromatic heterocycles. The summed E-state index contributed by atoms with van der Waals surface area (Å²) in [4.78, 5) is 14.9. The number of hydrogen-bond acceptors (Lipinski definition) is 2. The molecule has 4 heteroatoms. The number of nitrogens with zero attached hydrogens (tertiary/aromatic N) is 1.